The molecule has 0 amide bonds. The maximum absolute atomic E-state index is 12.6. The fourth-order valence-electron chi connectivity index (χ4n) is 1.26. The third kappa shape index (κ3) is 2.77. The summed E-state index contributed by atoms with van der Waals surface area (Å²) in [5.74, 6) is -0.326. The Bertz CT molecular complexity index is 276. The van der Waals surface area contributed by atoms with Gasteiger partial charge < -0.3 is 16.6 Å². The molecule has 0 fully saturated rings. The summed E-state index contributed by atoms with van der Waals surface area (Å²) in [5.41, 5.74) is 11.6. The predicted octanol–water partition coefficient (Wildman–Crippen LogP) is 0.535. The fourth-order valence-corrected chi connectivity index (χ4v) is 1.26. The summed E-state index contributed by atoms with van der Waals surface area (Å²) in [6.45, 7) is 0.430. The first-order valence-electron chi connectivity index (χ1n) is 4.54. The van der Waals surface area contributed by atoms with Crippen LogP contribution in [0.15, 0.2) is 24.3 Å². The van der Waals surface area contributed by atoms with Crippen molar-refractivity contribution < 1.29 is 9.50 Å². The van der Waals surface area contributed by atoms with Gasteiger partial charge in [0.1, 0.15) is 5.82 Å². The average Bonchev–Trinajstić information content (AvgIpc) is 2.18. The molecule has 14 heavy (non-hydrogen) atoms. The van der Waals surface area contributed by atoms with Crippen molar-refractivity contribution in [3.8, 4) is 0 Å². The number of hydrogen-bond donors (Lipinski definition) is 3. The minimum absolute atomic E-state index is 0.326. The van der Waals surface area contributed by atoms with E-state index in [4.69, 9.17) is 11.5 Å². The van der Waals surface area contributed by atoms with Crippen molar-refractivity contribution in [2.45, 2.75) is 18.6 Å². The summed E-state index contributed by atoms with van der Waals surface area (Å²) in [6.07, 6.45) is -0.238. The summed E-state index contributed by atoms with van der Waals surface area (Å²) >= 11 is 0. The van der Waals surface area contributed by atoms with Crippen LogP contribution >= 0.6 is 0 Å². The number of aliphatic hydroxyl groups excluding tert-OH is 1. The van der Waals surface area contributed by atoms with Crippen LogP contribution in [0.1, 0.15) is 18.1 Å². The molecule has 1 aromatic rings. The number of hydrogen-bond acceptors (Lipinski definition) is 3. The quantitative estimate of drug-likeness (QED) is 0.661. The topological polar surface area (TPSA) is 72.3 Å². The lowest BCUT2D eigenvalue weighted by atomic mass is 10.0. The van der Waals surface area contributed by atoms with Gasteiger partial charge in [0.05, 0.1) is 6.10 Å². The molecule has 3 nitrogen and oxygen atoms in total. The Hall–Kier alpha value is -0.970. The van der Waals surface area contributed by atoms with Gasteiger partial charge in [0.2, 0.25) is 0 Å². The zero-order valence-electron chi connectivity index (χ0n) is 7.86. The standard InChI is InChI=1S/C10H15FN2O/c11-8-3-1-7(2-4-8)10(14)9(13)5-6-12/h1-4,9-10,14H,5-6,12-13H2. The van der Waals surface area contributed by atoms with Crippen molar-refractivity contribution in [2.75, 3.05) is 6.54 Å². The highest BCUT2D eigenvalue weighted by Gasteiger charge is 2.15. The third-order valence-corrected chi connectivity index (χ3v) is 2.12. The molecule has 0 aromatic heterocycles. The first-order chi connectivity index (χ1) is 6.65. The summed E-state index contributed by atoms with van der Waals surface area (Å²) in [5, 5.41) is 9.71. The first-order valence-corrected chi connectivity index (χ1v) is 4.54. The van der Waals surface area contributed by atoms with Gasteiger partial charge in [-0.05, 0) is 30.7 Å². The van der Waals surface area contributed by atoms with E-state index in [1.54, 1.807) is 0 Å². The van der Waals surface area contributed by atoms with Gasteiger partial charge in [0.15, 0.2) is 0 Å². The Labute approximate surface area is 82.5 Å². The molecule has 0 aliphatic rings. The van der Waals surface area contributed by atoms with E-state index in [2.05, 4.69) is 0 Å². The van der Waals surface area contributed by atoms with E-state index in [0.29, 0.717) is 18.5 Å². The molecule has 0 spiro atoms. The van der Waals surface area contributed by atoms with E-state index in [9.17, 15) is 9.50 Å². The number of aliphatic hydroxyl groups is 1. The molecule has 0 radical (unpaired) electrons. The van der Waals surface area contributed by atoms with Gasteiger partial charge >= 0.3 is 0 Å². The van der Waals surface area contributed by atoms with Crippen LogP contribution in [0, 0.1) is 5.82 Å². The van der Waals surface area contributed by atoms with E-state index >= 15 is 0 Å². The molecule has 0 saturated heterocycles. The minimum atomic E-state index is -0.779. The van der Waals surface area contributed by atoms with E-state index in [-0.39, 0.29) is 5.82 Å². The summed E-state index contributed by atoms with van der Waals surface area (Å²) in [6, 6.07) is 5.25. The lowest BCUT2D eigenvalue weighted by molar-refractivity contribution is 0.143. The Morgan fingerprint density at radius 2 is 1.86 bits per heavy atom. The molecule has 5 N–H and O–H groups in total. The maximum Gasteiger partial charge on any atom is 0.123 e. The Morgan fingerprint density at radius 1 is 1.29 bits per heavy atom. The van der Waals surface area contributed by atoms with Crippen LogP contribution in [0.2, 0.25) is 0 Å². The van der Waals surface area contributed by atoms with E-state index in [0.717, 1.165) is 0 Å². The highest BCUT2D eigenvalue weighted by atomic mass is 19.1. The van der Waals surface area contributed by atoms with Crippen LogP contribution in [-0.2, 0) is 0 Å². The van der Waals surface area contributed by atoms with Crippen LogP contribution in [0.25, 0.3) is 0 Å². The Morgan fingerprint density at radius 3 is 2.36 bits per heavy atom. The minimum Gasteiger partial charge on any atom is -0.387 e. The molecule has 1 rings (SSSR count). The summed E-state index contributed by atoms with van der Waals surface area (Å²) < 4.78 is 12.6. The number of rotatable bonds is 4. The number of nitrogens with two attached hydrogens (primary N) is 2. The number of benzene rings is 1. The predicted molar refractivity (Wildman–Crippen MR) is 53.0 cm³/mol. The highest BCUT2D eigenvalue weighted by Crippen LogP contribution is 2.17. The Balaban J connectivity index is 2.68. The van der Waals surface area contributed by atoms with Crippen LogP contribution in [0.5, 0.6) is 0 Å². The third-order valence-electron chi connectivity index (χ3n) is 2.12. The molecule has 2 unspecified atom stereocenters. The molecule has 0 aliphatic heterocycles. The molecule has 1 aromatic carbocycles. The van der Waals surface area contributed by atoms with Gasteiger partial charge in [-0.15, -0.1) is 0 Å². The zero-order chi connectivity index (χ0) is 10.6. The molecule has 4 heteroatoms. The van der Waals surface area contributed by atoms with Gasteiger partial charge in [0, 0.05) is 6.04 Å². The molecule has 0 bridgehead atoms. The van der Waals surface area contributed by atoms with Crippen molar-refractivity contribution in [2.24, 2.45) is 11.5 Å². The van der Waals surface area contributed by atoms with Crippen molar-refractivity contribution in [3.63, 3.8) is 0 Å². The smallest absolute Gasteiger partial charge is 0.123 e. The van der Waals surface area contributed by atoms with Crippen molar-refractivity contribution >= 4 is 0 Å². The monoisotopic (exact) mass is 198 g/mol. The van der Waals surface area contributed by atoms with Crippen LogP contribution in [0.3, 0.4) is 0 Å². The molecular weight excluding hydrogens is 183 g/mol. The van der Waals surface area contributed by atoms with E-state index in [1.807, 2.05) is 0 Å². The Kier molecular flexibility index (Phi) is 4.00. The lowest BCUT2D eigenvalue weighted by Gasteiger charge is -2.18. The van der Waals surface area contributed by atoms with Crippen molar-refractivity contribution in [1.82, 2.24) is 0 Å². The second kappa shape index (κ2) is 5.05. The van der Waals surface area contributed by atoms with Gasteiger partial charge in [-0.25, -0.2) is 4.39 Å². The van der Waals surface area contributed by atoms with Gasteiger partial charge in [-0.2, -0.15) is 0 Å². The van der Waals surface area contributed by atoms with Crippen molar-refractivity contribution in [3.05, 3.63) is 35.6 Å². The maximum atomic E-state index is 12.6. The van der Waals surface area contributed by atoms with Crippen LogP contribution in [-0.4, -0.2) is 17.7 Å². The molecule has 0 aliphatic carbocycles. The van der Waals surface area contributed by atoms with E-state index in [1.165, 1.54) is 24.3 Å². The summed E-state index contributed by atoms with van der Waals surface area (Å²) in [7, 11) is 0. The van der Waals surface area contributed by atoms with Crippen LogP contribution < -0.4 is 11.5 Å². The van der Waals surface area contributed by atoms with Gasteiger partial charge in [0.25, 0.3) is 0 Å². The lowest BCUT2D eigenvalue weighted by Crippen LogP contribution is -2.30. The van der Waals surface area contributed by atoms with Crippen molar-refractivity contribution in [1.29, 1.82) is 0 Å². The second-order valence-corrected chi connectivity index (χ2v) is 3.24. The molecular formula is C10H15FN2O. The largest absolute Gasteiger partial charge is 0.387 e. The molecule has 0 heterocycles. The first kappa shape index (κ1) is 11.1. The van der Waals surface area contributed by atoms with Gasteiger partial charge in [-0.3, -0.25) is 0 Å². The molecule has 78 valence electrons. The molecule has 2 atom stereocenters. The molecule has 0 saturated carbocycles. The summed E-state index contributed by atoms with van der Waals surface area (Å²) in [4.78, 5) is 0. The zero-order valence-corrected chi connectivity index (χ0v) is 7.86. The second-order valence-electron chi connectivity index (χ2n) is 3.24. The van der Waals surface area contributed by atoms with Crippen LogP contribution in [0.4, 0.5) is 4.39 Å². The average molecular weight is 198 g/mol. The number of halogens is 1. The normalized spacial score (nSPS) is 15.1. The fraction of sp³-hybridized carbons (Fsp3) is 0.400. The SMILES string of the molecule is NCCC(N)C(O)c1ccc(F)cc1. The highest BCUT2D eigenvalue weighted by molar-refractivity contribution is 5.19. The van der Waals surface area contributed by atoms with Gasteiger partial charge in [-0.1, -0.05) is 12.1 Å². The van der Waals surface area contributed by atoms with E-state index < -0.39 is 12.1 Å².